The first-order valence-electron chi connectivity index (χ1n) is 1.98. The molecule has 0 saturated carbocycles. The van der Waals surface area contributed by atoms with E-state index in [4.69, 9.17) is 39.6 Å². The minimum atomic E-state index is -0.250. The summed E-state index contributed by atoms with van der Waals surface area (Å²) in [5, 5.41) is 27.6. The summed E-state index contributed by atoms with van der Waals surface area (Å²) < 4.78 is 0. The van der Waals surface area contributed by atoms with E-state index in [1.54, 1.807) is 0 Å². The molecule has 0 bridgehead atoms. The predicted molar refractivity (Wildman–Crippen MR) is 34.8 cm³/mol. The van der Waals surface area contributed by atoms with Crippen LogP contribution in [0.25, 0.3) is 0 Å². The van der Waals surface area contributed by atoms with Crippen LogP contribution in [0.4, 0.5) is 0 Å². The summed E-state index contributed by atoms with van der Waals surface area (Å²) in [5.41, 5.74) is 0. The molecule has 0 heterocycles. The van der Waals surface area contributed by atoms with E-state index in [1.807, 2.05) is 0 Å². The molecule has 0 atom stereocenters. The average Bonchev–Trinajstić information content (AvgIpc) is 1.92. The smallest absolute Gasteiger partial charge is 0.290 e. The van der Waals surface area contributed by atoms with Gasteiger partial charge >= 0.3 is 0 Å². The third-order valence-corrected chi connectivity index (χ3v) is 0. The van der Waals surface area contributed by atoms with Crippen molar-refractivity contribution in [2.75, 3.05) is 0 Å². The third kappa shape index (κ3) is 379. The van der Waals surface area contributed by atoms with E-state index in [9.17, 15) is 0 Å². The second-order valence-corrected chi connectivity index (χ2v) is 0.422. The zero-order valence-electron chi connectivity index (χ0n) is 6.14. The molecule has 0 aliphatic carbocycles. The van der Waals surface area contributed by atoms with Gasteiger partial charge in [0.15, 0.2) is 0 Å². The van der Waals surface area contributed by atoms with Gasteiger partial charge in [0.1, 0.15) is 0 Å². The average molecular weight is 368 g/mol. The quantitative estimate of drug-likeness (QED) is 0.390. The topological polar surface area (TPSA) is 149 Å². The second-order valence-electron chi connectivity index (χ2n) is 0.422. The first-order chi connectivity index (χ1) is 5.66. The van der Waals surface area contributed by atoms with Crippen molar-refractivity contribution >= 4 is 25.9 Å². The van der Waals surface area contributed by atoms with Crippen molar-refractivity contribution in [2.45, 2.75) is 0 Å². The number of carbonyl (C=O) groups is 4. The Bertz CT molecular complexity index is 70.1. The molecular formula is C4H8O8W. The van der Waals surface area contributed by atoms with Gasteiger partial charge in [-0.25, -0.2) is 0 Å². The van der Waals surface area contributed by atoms with Crippen molar-refractivity contribution in [3.63, 3.8) is 0 Å². The van der Waals surface area contributed by atoms with Gasteiger partial charge in [0.25, 0.3) is 25.9 Å². The first-order valence-corrected chi connectivity index (χ1v) is 1.98. The summed E-state index contributed by atoms with van der Waals surface area (Å²) >= 11 is 0. The summed E-state index contributed by atoms with van der Waals surface area (Å²) in [5.74, 6) is 0. The Kier molecular flexibility index (Phi) is 338. The molecule has 9 heteroatoms. The second kappa shape index (κ2) is 147. The van der Waals surface area contributed by atoms with Gasteiger partial charge in [-0.2, -0.15) is 0 Å². The van der Waals surface area contributed by atoms with Crippen LogP contribution in [-0.4, -0.2) is 46.3 Å². The van der Waals surface area contributed by atoms with Gasteiger partial charge < -0.3 is 20.4 Å². The molecule has 0 radical (unpaired) electrons. The normalized spacial score (nSPS) is 3.69. The molecule has 0 aromatic rings. The van der Waals surface area contributed by atoms with Crippen LogP contribution in [0.15, 0.2) is 0 Å². The van der Waals surface area contributed by atoms with Crippen LogP contribution in [0.2, 0.25) is 0 Å². The van der Waals surface area contributed by atoms with Crippen molar-refractivity contribution in [2.24, 2.45) is 0 Å². The third-order valence-electron chi connectivity index (χ3n) is 0. The molecule has 0 fully saturated rings. The van der Waals surface area contributed by atoms with E-state index in [0.29, 0.717) is 0 Å². The molecule has 8 nitrogen and oxygen atoms in total. The maximum atomic E-state index is 8.36. The minimum absolute atomic E-state index is 0. The van der Waals surface area contributed by atoms with Crippen LogP contribution in [0.3, 0.4) is 0 Å². The van der Waals surface area contributed by atoms with Crippen LogP contribution < -0.4 is 0 Å². The summed E-state index contributed by atoms with van der Waals surface area (Å²) in [6.07, 6.45) is 0. The Morgan fingerprint density at radius 1 is 0.538 bits per heavy atom. The van der Waals surface area contributed by atoms with E-state index < -0.39 is 0 Å². The number of hydrogen-bond acceptors (Lipinski definition) is 4. The standard InChI is InChI=1S/4CH2O2.W/c4*2-1-3;/h4*1H,(H,2,3);. The van der Waals surface area contributed by atoms with Gasteiger partial charge in [0, 0.05) is 21.1 Å². The summed E-state index contributed by atoms with van der Waals surface area (Å²) in [4.78, 5) is 33.4. The fourth-order valence-corrected chi connectivity index (χ4v) is 0. The van der Waals surface area contributed by atoms with Gasteiger partial charge in [-0.1, -0.05) is 0 Å². The van der Waals surface area contributed by atoms with Crippen molar-refractivity contribution in [3.8, 4) is 0 Å². The van der Waals surface area contributed by atoms with Crippen molar-refractivity contribution < 1.29 is 60.7 Å². The van der Waals surface area contributed by atoms with Gasteiger partial charge in [-0.3, -0.25) is 19.2 Å². The number of hydrogen-bond donors (Lipinski definition) is 4. The Morgan fingerprint density at radius 2 is 0.538 bits per heavy atom. The molecule has 0 saturated heterocycles. The molecule has 0 aromatic heterocycles. The van der Waals surface area contributed by atoms with Crippen molar-refractivity contribution in [3.05, 3.63) is 0 Å². The van der Waals surface area contributed by atoms with Crippen LogP contribution in [-0.2, 0) is 40.2 Å². The molecule has 78 valence electrons. The summed E-state index contributed by atoms with van der Waals surface area (Å²) in [6.45, 7) is -1.00. The number of carboxylic acid groups (broad SMARTS) is 4. The van der Waals surface area contributed by atoms with Crippen LogP contribution in [0.1, 0.15) is 0 Å². The molecule has 0 amide bonds. The van der Waals surface area contributed by atoms with Gasteiger partial charge in [-0.15, -0.1) is 0 Å². The molecule has 0 rings (SSSR count). The maximum Gasteiger partial charge on any atom is 0.290 e. The van der Waals surface area contributed by atoms with Crippen LogP contribution in [0.5, 0.6) is 0 Å². The summed E-state index contributed by atoms with van der Waals surface area (Å²) in [6, 6.07) is 0. The van der Waals surface area contributed by atoms with Gasteiger partial charge in [-0.05, 0) is 0 Å². The van der Waals surface area contributed by atoms with Crippen LogP contribution in [0, 0.1) is 0 Å². The summed E-state index contributed by atoms with van der Waals surface area (Å²) in [7, 11) is 0. The fraction of sp³-hybridized carbons (Fsp3) is 0. The van der Waals surface area contributed by atoms with E-state index in [2.05, 4.69) is 0 Å². The van der Waals surface area contributed by atoms with Crippen LogP contribution >= 0.6 is 0 Å². The predicted octanol–water partition coefficient (Wildman–Crippen LogP) is -1.20. The molecular weight excluding hydrogens is 360 g/mol. The maximum absolute atomic E-state index is 8.36. The minimum Gasteiger partial charge on any atom is -0.483 e. The first kappa shape index (κ1) is 29.9. The van der Waals surface area contributed by atoms with Gasteiger partial charge in [0.05, 0.1) is 0 Å². The van der Waals surface area contributed by atoms with Gasteiger partial charge in [0.2, 0.25) is 0 Å². The van der Waals surface area contributed by atoms with E-state index in [1.165, 1.54) is 0 Å². The van der Waals surface area contributed by atoms with E-state index in [0.717, 1.165) is 0 Å². The largest absolute Gasteiger partial charge is 0.483 e. The van der Waals surface area contributed by atoms with E-state index >= 15 is 0 Å². The molecule has 0 spiro atoms. The Hall–Kier alpha value is -1.43. The monoisotopic (exact) mass is 368 g/mol. The molecule has 0 unspecified atom stereocenters. The van der Waals surface area contributed by atoms with Crippen molar-refractivity contribution in [1.29, 1.82) is 0 Å². The zero-order chi connectivity index (χ0) is 10.8. The Morgan fingerprint density at radius 3 is 0.538 bits per heavy atom. The molecule has 0 aliphatic heterocycles. The molecule has 13 heavy (non-hydrogen) atoms. The molecule has 4 N–H and O–H groups in total. The SMILES string of the molecule is O=CO.O=CO.O=CO.O=CO.[W]. The fourth-order valence-electron chi connectivity index (χ4n) is 0. The Labute approximate surface area is 87.1 Å². The van der Waals surface area contributed by atoms with E-state index in [-0.39, 0.29) is 47.0 Å². The number of rotatable bonds is 0. The Balaban J connectivity index is -0.0000000213. The molecule has 0 aromatic carbocycles. The van der Waals surface area contributed by atoms with Crippen molar-refractivity contribution in [1.82, 2.24) is 0 Å². The molecule has 0 aliphatic rings. The zero-order valence-corrected chi connectivity index (χ0v) is 9.07.